The lowest BCUT2D eigenvalue weighted by Crippen LogP contribution is -2.27. The van der Waals surface area contributed by atoms with Gasteiger partial charge in [0.25, 0.3) is 0 Å². The summed E-state index contributed by atoms with van der Waals surface area (Å²) in [5, 5.41) is 3.40. The second kappa shape index (κ2) is 6.70. The molecule has 0 unspecified atom stereocenters. The minimum Gasteiger partial charge on any atom is -0.305 e. The predicted octanol–water partition coefficient (Wildman–Crippen LogP) is 2.49. The molecule has 4 nitrogen and oxygen atoms in total. The van der Waals surface area contributed by atoms with E-state index in [4.69, 9.17) is 0 Å². The number of ketones is 1. The van der Waals surface area contributed by atoms with Crippen molar-refractivity contribution in [3.8, 4) is 0 Å². The van der Waals surface area contributed by atoms with Gasteiger partial charge in [0, 0.05) is 24.2 Å². The van der Waals surface area contributed by atoms with Crippen LogP contribution in [0.2, 0.25) is 0 Å². The van der Waals surface area contributed by atoms with Gasteiger partial charge in [0.1, 0.15) is 0 Å². The van der Waals surface area contributed by atoms with Gasteiger partial charge in [-0.1, -0.05) is 23.9 Å². The highest BCUT2D eigenvalue weighted by molar-refractivity contribution is 8.14. The number of thioether (sulfide) groups is 1. The molecular weight excluding hydrogens is 272 g/mol. The van der Waals surface area contributed by atoms with Gasteiger partial charge in [-0.05, 0) is 31.0 Å². The molecule has 1 aromatic rings. The lowest BCUT2D eigenvalue weighted by Gasteiger charge is -2.05. The van der Waals surface area contributed by atoms with E-state index in [-0.39, 0.29) is 24.5 Å². The Balaban J connectivity index is 1.85. The summed E-state index contributed by atoms with van der Waals surface area (Å²) in [5.41, 5.74) is 2.93. The fourth-order valence-corrected chi connectivity index (χ4v) is 2.62. The Bertz CT molecular complexity index is 567. The van der Waals surface area contributed by atoms with Crippen LogP contribution >= 0.6 is 11.8 Å². The highest BCUT2D eigenvalue weighted by Crippen LogP contribution is 2.13. The van der Waals surface area contributed by atoms with Crippen LogP contribution in [0.5, 0.6) is 0 Å². The van der Waals surface area contributed by atoms with Crippen LogP contribution in [0.3, 0.4) is 0 Å². The predicted molar refractivity (Wildman–Crippen MR) is 82.4 cm³/mol. The van der Waals surface area contributed by atoms with Crippen LogP contribution in [0.25, 0.3) is 0 Å². The number of amides is 1. The molecule has 20 heavy (non-hydrogen) atoms. The third-order valence-corrected chi connectivity index (χ3v) is 4.13. The average molecular weight is 290 g/mol. The zero-order chi connectivity index (χ0) is 14.5. The number of aryl methyl sites for hydroxylation is 2. The molecule has 0 spiro atoms. The van der Waals surface area contributed by atoms with E-state index in [1.165, 1.54) is 11.8 Å². The molecule has 0 fully saturated rings. The van der Waals surface area contributed by atoms with Crippen molar-refractivity contribution in [2.24, 2.45) is 4.99 Å². The maximum Gasteiger partial charge on any atom is 0.226 e. The normalized spacial score (nSPS) is 14.0. The molecule has 0 bridgehead atoms. The van der Waals surface area contributed by atoms with E-state index in [2.05, 4.69) is 10.3 Å². The molecule has 0 radical (unpaired) electrons. The van der Waals surface area contributed by atoms with Crippen molar-refractivity contribution in [3.63, 3.8) is 0 Å². The fraction of sp³-hybridized carbons (Fsp3) is 0.400. The van der Waals surface area contributed by atoms with Crippen molar-refractivity contribution in [1.82, 2.24) is 5.32 Å². The topological polar surface area (TPSA) is 58.5 Å². The maximum absolute atomic E-state index is 12.0. The zero-order valence-corrected chi connectivity index (χ0v) is 12.5. The molecule has 1 heterocycles. The van der Waals surface area contributed by atoms with E-state index in [0.717, 1.165) is 23.4 Å². The SMILES string of the molecule is Cc1ccc(C(=O)CCC(=O)NC2=NCCS2)cc1C. The number of hydrogen-bond donors (Lipinski definition) is 1. The summed E-state index contributed by atoms with van der Waals surface area (Å²) in [6, 6.07) is 5.64. The van der Waals surface area contributed by atoms with E-state index in [9.17, 15) is 9.59 Å². The number of amidine groups is 1. The smallest absolute Gasteiger partial charge is 0.226 e. The highest BCUT2D eigenvalue weighted by Gasteiger charge is 2.13. The van der Waals surface area contributed by atoms with Crippen LogP contribution in [-0.2, 0) is 4.79 Å². The van der Waals surface area contributed by atoms with Gasteiger partial charge >= 0.3 is 0 Å². The molecular formula is C15H18N2O2S. The number of rotatable bonds is 4. The van der Waals surface area contributed by atoms with Gasteiger partial charge in [0.15, 0.2) is 11.0 Å². The standard InChI is InChI=1S/C15H18N2O2S/c1-10-3-4-12(9-11(10)2)13(18)5-6-14(19)17-15-16-7-8-20-15/h3-4,9H,5-8H2,1-2H3,(H,16,17,19). The Morgan fingerprint density at radius 1 is 1.25 bits per heavy atom. The number of carbonyl (C=O) groups is 2. The maximum atomic E-state index is 12.0. The second-order valence-corrected chi connectivity index (χ2v) is 5.89. The molecule has 0 atom stereocenters. The molecule has 0 aromatic heterocycles. The van der Waals surface area contributed by atoms with Gasteiger partial charge in [0.05, 0.1) is 6.54 Å². The van der Waals surface area contributed by atoms with E-state index in [0.29, 0.717) is 10.7 Å². The lowest BCUT2D eigenvalue weighted by atomic mass is 10.0. The van der Waals surface area contributed by atoms with Gasteiger partial charge in [-0.3, -0.25) is 14.6 Å². The van der Waals surface area contributed by atoms with E-state index >= 15 is 0 Å². The number of benzene rings is 1. The van der Waals surface area contributed by atoms with Crippen LogP contribution in [0, 0.1) is 13.8 Å². The third-order valence-electron chi connectivity index (χ3n) is 3.24. The summed E-state index contributed by atoms with van der Waals surface area (Å²) in [7, 11) is 0. The quantitative estimate of drug-likeness (QED) is 0.867. The molecule has 2 rings (SSSR count). The molecule has 1 amide bonds. The number of aliphatic imine (C=N–C) groups is 1. The van der Waals surface area contributed by atoms with Crippen molar-refractivity contribution in [2.45, 2.75) is 26.7 Å². The molecule has 1 aliphatic heterocycles. The van der Waals surface area contributed by atoms with Gasteiger partial charge in [-0.2, -0.15) is 0 Å². The number of nitrogens with one attached hydrogen (secondary N) is 1. The van der Waals surface area contributed by atoms with Gasteiger partial charge in [-0.15, -0.1) is 0 Å². The molecule has 1 aromatic carbocycles. The van der Waals surface area contributed by atoms with Crippen LogP contribution in [0.4, 0.5) is 0 Å². The van der Waals surface area contributed by atoms with Crippen LogP contribution in [-0.4, -0.2) is 29.2 Å². The minimum atomic E-state index is -0.143. The molecule has 0 saturated heterocycles. The first-order valence-corrected chi connectivity index (χ1v) is 7.62. The Hall–Kier alpha value is -1.62. The zero-order valence-electron chi connectivity index (χ0n) is 11.7. The molecule has 1 aliphatic rings. The Labute approximate surface area is 123 Å². The number of hydrogen-bond acceptors (Lipinski definition) is 4. The highest BCUT2D eigenvalue weighted by atomic mass is 32.2. The Morgan fingerprint density at radius 3 is 2.70 bits per heavy atom. The molecule has 0 aliphatic carbocycles. The number of Topliss-reactive ketones (excluding diaryl/α,β-unsaturated/α-hetero) is 1. The van der Waals surface area contributed by atoms with Crippen molar-refractivity contribution in [2.75, 3.05) is 12.3 Å². The summed E-state index contributed by atoms with van der Waals surface area (Å²) >= 11 is 1.54. The summed E-state index contributed by atoms with van der Waals surface area (Å²) in [6.45, 7) is 4.74. The monoisotopic (exact) mass is 290 g/mol. The van der Waals surface area contributed by atoms with Crippen molar-refractivity contribution in [1.29, 1.82) is 0 Å². The van der Waals surface area contributed by atoms with E-state index in [1.54, 1.807) is 0 Å². The Morgan fingerprint density at radius 2 is 2.05 bits per heavy atom. The fourth-order valence-electron chi connectivity index (χ4n) is 1.88. The number of carbonyl (C=O) groups excluding carboxylic acids is 2. The molecule has 106 valence electrons. The van der Waals surface area contributed by atoms with E-state index < -0.39 is 0 Å². The second-order valence-electron chi connectivity index (χ2n) is 4.81. The molecule has 5 heteroatoms. The third kappa shape index (κ3) is 3.93. The number of nitrogens with zero attached hydrogens (tertiary/aromatic N) is 1. The summed E-state index contributed by atoms with van der Waals surface area (Å²) in [4.78, 5) is 27.9. The first-order chi connectivity index (χ1) is 9.56. The van der Waals surface area contributed by atoms with Crippen LogP contribution in [0.15, 0.2) is 23.2 Å². The van der Waals surface area contributed by atoms with Crippen molar-refractivity contribution in [3.05, 3.63) is 34.9 Å². The van der Waals surface area contributed by atoms with Gasteiger partial charge in [0.2, 0.25) is 5.91 Å². The average Bonchev–Trinajstić information content (AvgIpc) is 2.92. The minimum absolute atomic E-state index is 0.00395. The summed E-state index contributed by atoms with van der Waals surface area (Å²) < 4.78 is 0. The van der Waals surface area contributed by atoms with Crippen LogP contribution < -0.4 is 5.32 Å². The lowest BCUT2D eigenvalue weighted by molar-refractivity contribution is -0.119. The van der Waals surface area contributed by atoms with Crippen molar-refractivity contribution >= 4 is 28.6 Å². The van der Waals surface area contributed by atoms with Crippen molar-refractivity contribution < 1.29 is 9.59 Å². The molecule has 1 N–H and O–H groups in total. The van der Waals surface area contributed by atoms with E-state index in [1.807, 2.05) is 32.0 Å². The summed E-state index contributed by atoms with van der Waals surface area (Å²) in [6.07, 6.45) is 0.428. The van der Waals surface area contributed by atoms with Gasteiger partial charge < -0.3 is 5.32 Å². The first kappa shape index (κ1) is 14.8. The van der Waals surface area contributed by atoms with Gasteiger partial charge in [-0.25, -0.2) is 0 Å². The molecule has 0 saturated carbocycles. The first-order valence-electron chi connectivity index (χ1n) is 6.64. The largest absolute Gasteiger partial charge is 0.305 e. The Kier molecular flexibility index (Phi) is 4.95. The summed E-state index contributed by atoms with van der Waals surface area (Å²) in [5.74, 6) is 0.775. The van der Waals surface area contributed by atoms with Crippen LogP contribution in [0.1, 0.15) is 34.3 Å².